The number of anilines is 1. The number of nitrogens with one attached hydrogen (secondary N) is 1. The van der Waals surface area contributed by atoms with E-state index in [9.17, 15) is 4.79 Å². The summed E-state index contributed by atoms with van der Waals surface area (Å²) in [5.74, 6) is 1.21. The van der Waals surface area contributed by atoms with Crippen LogP contribution in [-0.2, 0) is 11.2 Å². The first-order valence-corrected chi connectivity index (χ1v) is 10.4. The number of halogens is 1. The number of furan rings is 1. The lowest BCUT2D eigenvalue weighted by atomic mass is 10.2. The van der Waals surface area contributed by atoms with Gasteiger partial charge in [-0.25, -0.2) is 9.97 Å². The molecule has 0 unspecified atom stereocenters. The summed E-state index contributed by atoms with van der Waals surface area (Å²) in [7, 11) is 1.54. The molecule has 0 atom stereocenters. The zero-order valence-corrected chi connectivity index (χ0v) is 17.4. The van der Waals surface area contributed by atoms with Crippen LogP contribution < -0.4 is 10.1 Å². The van der Waals surface area contributed by atoms with Crippen LogP contribution in [0.15, 0.2) is 51.9 Å². The van der Waals surface area contributed by atoms with Crippen molar-refractivity contribution in [1.29, 1.82) is 0 Å². The van der Waals surface area contributed by atoms with Crippen LogP contribution in [0.3, 0.4) is 0 Å². The number of methoxy groups -OCH3 is 1. The summed E-state index contributed by atoms with van der Waals surface area (Å²) in [5, 5.41) is 4.94. The molecular weight excluding hydrogens is 410 g/mol. The zero-order chi connectivity index (χ0) is 20.4. The van der Waals surface area contributed by atoms with Crippen molar-refractivity contribution in [3.8, 4) is 5.75 Å². The highest BCUT2D eigenvalue weighted by Crippen LogP contribution is 2.33. The number of rotatable bonds is 6. The van der Waals surface area contributed by atoms with Gasteiger partial charge in [-0.1, -0.05) is 42.4 Å². The van der Waals surface area contributed by atoms with Crippen molar-refractivity contribution < 1.29 is 13.9 Å². The van der Waals surface area contributed by atoms with E-state index in [1.165, 1.54) is 11.8 Å². The molecule has 148 valence electrons. The molecule has 0 aliphatic rings. The van der Waals surface area contributed by atoms with Gasteiger partial charge in [0.25, 0.3) is 0 Å². The monoisotopic (exact) mass is 427 g/mol. The molecule has 0 bridgehead atoms. The number of nitrogens with zero attached hydrogens (tertiary/aromatic N) is 2. The molecule has 0 aliphatic carbocycles. The predicted octanol–water partition coefficient (Wildman–Crippen LogP) is 5.33. The molecule has 4 aromatic rings. The van der Waals surface area contributed by atoms with Gasteiger partial charge in [0, 0.05) is 16.8 Å². The van der Waals surface area contributed by atoms with Crippen molar-refractivity contribution in [1.82, 2.24) is 9.97 Å². The first-order valence-electron chi connectivity index (χ1n) is 9.03. The van der Waals surface area contributed by atoms with Crippen molar-refractivity contribution in [2.24, 2.45) is 0 Å². The van der Waals surface area contributed by atoms with E-state index in [4.69, 9.17) is 20.8 Å². The van der Waals surface area contributed by atoms with Crippen molar-refractivity contribution in [2.75, 3.05) is 18.2 Å². The largest absolute Gasteiger partial charge is 0.495 e. The van der Waals surface area contributed by atoms with Gasteiger partial charge in [0.1, 0.15) is 27.7 Å². The number of carbonyl (C=O) groups is 1. The van der Waals surface area contributed by atoms with E-state index in [0.29, 0.717) is 39.3 Å². The van der Waals surface area contributed by atoms with E-state index in [1.807, 2.05) is 31.2 Å². The van der Waals surface area contributed by atoms with E-state index in [1.54, 1.807) is 25.3 Å². The minimum atomic E-state index is -0.198. The molecule has 0 saturated carbocycles. The quantitative estimate of drug-likeness (QED) is 0.331. The molecule has 4 rings (SSSR count). The fraction of sp³-hybridized carbons (Fsp3) is 0.190. The highest BCUT2D eigenvalue weighted by atomic mass is 35.5. The maximum Gasteiger partial charge on any atom is 0.234 e. The van der Waals surface area contributed by atoms with E-state index < -0.39 is 0 Å². The van der Waals surface area contributed by atoms with Crippen LogP contribution in [0, 0.1) is 0 Å². The van der Waals surface area contributed by atoms with Crippen LogP contribution in [0.4, 0.5) is 5.69 Å². The SMILES string of the molecule is CCc1nc(SCC(=O)Nc2cc(Cl)ccc2OC)c2oc3ccccc3c2n1. The second-order valence-corrected chi connectivity index (χ2v) is 7.66. The Morgan fingerprint density at radius 1 is 1.24 bits per heavy atom. The second-order valence-electron chi connectivity index (χ2n) is 6.26. The van der Waals surface area contributed by atoms with Crippen LogP contribution >= 0.6 is 23.4 Å². The number of hydrogen-bond donors (Lipinski definition) is 1. The van der Waals surface area contributed by atoms with Crippen LogP contribution in [0.2, 0.25) is 5.02 Å². The Kier molecular flexibility index (Phi) is 5.60. The van der Waals surface area contributed by atoms with Crippen LogP contribution in [0.5, 0.6) is 5.75 Å². The Hall–Kier alpha value is -2.77. The van der Waals surface area contributed by atoms with Gasteiger partial charge in [0.2, 0.25) is 5.91 Å². The maximum atomic E-state index is 12.5. The van der Waals surface area contributed by atoms with Crippen LogP contribution in [0.25, 0.3) is 22.1 Å². The van der Waals surface area contributed by atoms with Crippen molar-refractivity contribution in [2.45, 2.75) is 18.4 Å². The molecule has 0 aliphatic heterocycles. The molecular formula is C21H18ClN3O3S. The molecule has 1 amide bonds. The number of aromatic nitrogens is 2. The predicted molar refractivity (Wildman–Crippen MR) is 116 cm³/mol. The highest BCUT2D eigenvalue weighted by Gasteiger charge is 2.17. The fourth-order valence-electron chi connectivity index (χ4n) is 2.96. The van der Waals surface area contributed by atoms with E-state index >= 15 is 0 Å². The van der Waals surface area contributed by atoms with Crippen molar-refractivity contribution >= 4 is 57.0 Å². The highest BCUT2D eigenvalue weighted by molar-refractivity contribution is 8.00. The van der Waals surface area contributed by atoms with Crippen molar-refractivity contribution in [3.63, 3.8) is 0 Å². The summed E-state index contributed by atoms with van der Waals surface area (Å²) in [6.07, 6.45) is 0.689. The fourth-order valence-corrected chi connectivity index (χ4v) is 3.92. The molecule has 8 heteroatoms. The lowest BCUT2D eigenvalue weighted by molar-refractivity contribution is -0.113. The number of carbonyl (C=O) groups excluding carboxylic acids is 1. The standard InChI is InChI=1S/C21H18ClN3O3S/c1-3-17-24-19-13-6-4-5-7-15(13)28-20(19)21(25-17)29-11-18(26)23-14-10-12(22)8-9-16(14)27-2/h4-10H,3,11H2,1-2H3,(H,23,26). The van der Waals surface area contributed by atoms with E-state index in [0.717, 1.165) is 16.5 Å². The van der Waals surface area contributed by atoms with Crippen LogP contribution in [0.1, 0.15) is 12.7 Å². The molecule has 2 heterocycles. The molecule has 6 nitrogen and oxygen atoms in total. The first kappa shape index (κ1) is 19.5. The Balaban J connectivity index is 1.59. The Bertz CT molecular complexity index is 1210. The third-order valence-corrected chi connectivity index (χ3v) is 5.52. The van der Waals surface area contributed by atoms with Gasteiger partial charge in [-0.2, -0.15) is 0 Å². The maximum absolute atomic E-state index is 12.5. The molecule has 1 N–H and O–H groups in total. The number of para-hydroxylation sites is 1. The average molecular weight is 428 g/mol. The third-order valence-electron chi connectivity index (χ3n) is 4.33. The number of benzene rings is 2. The topological polar surface area (TPSA) is 77.2 Å². The summed E-state index contributed by atoms with van der Waals surface area (Å²) in [4.78, 5) is 21.7. The van der Waals surface area contributed by atoms with Gasteiger partial charge in [0.15, 0.2) is 5.58 Å². The molecule has 2 aromatic heterocycles. The lowest BCUT2D eigenvalue weighted by Gasteiger charge is -2.10. The number of thioether (sulfide) groups is 1. The molecule has 0 saturated heterocycles. The lowest BCUT2D eigenvalue weighted by Crippen LogP contribution is -2.15. The second kappa shape index (κ2) is 8.31. The average Bonchev–Trinajstić information content (AvgIpc) is 3.11. The number of amides is 1. The molecule has 2 aromatic carbocycles. The zero-order valence-electron chi connectivity index (χ0n) is 15.9. The number of fused-ring (bicyclic) bond motifs is 3. The molecule has 0 fully saturated rings. The van der Waals surface area contributed by atoms with Gasteiger partial charge >= 0.3 is 0 Å². The Morgan fingerprint density at radius 2 is 2.07 bits per heavy atom. The summed E-state index contributed by atoms with van der Waals surface area (Å²) >= 11 is 7.34. The summed E-state index contributed by atoms with van der Waals surface area (Å²) in [6, 6.07) is 12.8. The van der Waals surface area contributed by atoms with Gasteiger partial charge in [0.05, 0.1) is 18.6 Å². The molecule has 0 radical (unpaired) electrons. The Labute approximate surface area is 176 Å². The van der Waals surface area contributed by atoms with Crippen LogP contribution in [-0.4, -0.2) is 28.7 Å². The van der Waals surface area contributed by atoms with Crippen molar-refractivity contribution in [3.05, 3.63) is 53.3 Å². The van der Waals surface area contributed by atoms with E-state index in [2.05, 4.69) is 15.3 Å². The number of aryl methyl sites for hydroxylation is 1. The summed E-state index contributed by atoms with van der Waals surface area (Å²) in [5.41, 5.74) is 2.64. The Morgan fingerprint density at radius 3 is 2.86 bits per heavy atom. The summed E-state index contributed by atoms with van der Waals surface area (Å²) in [6.45, 7) is 2.00. The molecule has 0 spiro atoms. The van der Waals surface area contributed by atoms with Gasteiger partial charge in [-0.05, 0) is 30.3 Å². The normalized spacial score (nSPS) is 11.1. The minimum Gasteiger partial charge on any atom is -0.495 e. The third kappa shape index (κ3) is 4.02. The smallest absolute Gasteiger partial charge is 0.234 e. The minimum absolute atomic E-state index is 0.155. The van der Waals surface area contributed by atoms with Gasteiger partial charge in [-0.15, -0.1) is 0 Å². The summed E-state index contributed by atoms with van der Waals surface area (Å²) < 4.78 is 11.2. The number of hydrogen-bond acceptors (Lipinski definition) is 6. The molecule has 29 heavy (non-hydrogen) atoms. The number of ether oxygens (including phenoxy) is 1. The van der Waals surface area contributed by atoms with E-state index in [-0.39, 0.29) is 11.7 Å². The van der Waals surface area contributed by atoms with Gasteiger partial charge in [-0.3, -0.25) is 4.79 Å². The first-order chi connectivity index (χ1) is 14.1. The van der Waals surface area contributed by atoms with Gasteiger partial charge < -0.3 is 14.5 Å².